The van der Waals surface area contributed by atoms with Crippen LogP contribution in [0.25, 0.3) is 16.3 Å². The number of benzene rings is 3. The van der Waals surface area contributed by atoms with Gasteiger partial charge in [-0.3, -0.25) is 19.5 Å². The topological polar surface area (TPSA) is 62.3 Å². The fourth-order valence-corrected chi connectivity index (χ4v) is 3.85. The molecule has 5 nitrogen and oxygen atoms in total. The number of pyridine rings is 1. The van der Waals surface area contributed by atoms with E-state index in [4.69, 9.17) is 0 Å². The van der Waals surface area contributed by atoms with Crippen LogP contribution in [0.15, 0.2) is 103 Å². The van der Waals surface area contributed by atoms with Crippen molar-refractivity contribution in [1.29, 1.82) is 0 Å². The number of carbonyl (C=O) groups excluding carboxylic acids is 2. The normalized spacial score (nSPS) is 13.9. The molecule has 0 bridgehead atoms. The standard InChI is InChI=1S/C26H19N3O2/c30-25-23(20-10-2-1-3-11-20)24(26(31)29(25)17-18-8-7-15-27-16-18)28-22-14-6-12-19-9-4-5-13-21(19)22/h1-16,28H,17H2. The minimum Gasteiger partial charge on any atom is -0.350 e. The molecule has 0 fully saturated rings. The Labute approximate surface area is 179 Å². The second-order valence-electron chi connectivity index (χ2n) is 7.33. The predicted octanol–water partition coefficient (Wildman–Crippen LogP) is 4.63. The summed E-state index contributed by atoms with van der Waals surface area (Å²) in [5.74, 6) is -0.663. The summed E-state index contributed by atoms with van der Waals surface area (Å²) in [7, 11) is 0. The second-order valence-corrected chi connectivity index (χ2v) is 7.33. The zero-order chi connectivity index (χ0) is 21.2. The van der Waals surface area contributed by atoms with Gasteiger partial charge in [0.05, 0.1) is 12.1 Å². The van der Waals surface area contributed by atoms with Crippen molar-refractivity contribution in [2.24, 2.45) is 0 Å². The van der Waals surface area contributed by atoms with Gasteiger partial charge in [-0.2, -0.15) is 0 Å². The van der Waals surface area contributed by atoms with Gasteiger partial charge in [-0.25, -0.2) is 0 Å². The van der Waals surface area contributed by atoms with Gasteiger partial charge in [0.15, 0.2) is 0 Å². The molecule has 2 amide bonds. The molecule has 5 rings (SSSR count). The molecule has 1 N–H and O–H groups in total. The van der Waals surface area contributed by atoms with E-state index in [1.807, 2.05) is 78.9 Å². The Balaban J connectivity index is 1.59. The Morgan fingerprint density at radius 1 is 0.774 bits per heavy atom. The minimum atomic E-state index is -0.347. The summed E-state index contributed by atoms with van der Waals surface area (Å²) in [6.07, 6.45) is 3.33. The van der Waals surface area contributed by atoms with Crippen LogP contribution in [-0.2, 0) is 16.1 Å². The van der Waals surface area contributed by atoms with Crippen molar-refractivity contribution in [3.63, 3.8) is 0 Å². The lowest BCUT2D eigenvalue weighted by Crippen LogP contribution is -2.32. The number of amides is 2. The van der Waals surface area contributed by atoms with Gasteiger partial charge >= 0.3 is 0 Å². The van der Waals surface area contributed by atoms with Crippen molar-refractivity contribution in [2.75, 3.05) is 5.32 Å². The highest BCUT2D eigenvalue weighted by Gasteiger charge is 2.39. The van der Waals surface area contributed by atoms with E-state index in [1.165, 1.54) is 4.90 Å². The van der Waals surface area contributed by atoms with Crippen LogP contribution in [-0.4, -0.2) is 21.7 Å². The third-order valence-electron chi connectivity index (χ3n) is 5.34. The molecule has 3 aromatic carbocycles. The maximum atomic E-state index is 13.4. The molecule has 1 aliphatic rings. The summed E-state index contributed by atoms with van der Waals surface area (Å²) >= 11 is 0. The monoisotopic (exact) mass is 405 g/mol. The van der Waals surface area contributed by atoms with E-state index in [0.29, 0.717) is 11.1 Å². The molecule has 0 spiro atoms. The van der Waals surface area contributed by atoms with E-state index < -0.39 is 0 Å². The van der Waals surface area contributed by atoms with Crippen LogP contribution in [0, 0.1) is 0 Å². The van der Waals surface area contributed by atoms with Crippen molar-refractivity contribution in [3.8, 4) is 0 Å². The van der Waals surface area contributed by atoms with Crippen molar-refractivity contribution < 1.29 is 9.59 Å². The van der Waals surface area contributed by atoms with Crippen LogP contribution in [0.2, 0.25) is 0 Å². The average molecular weight is 405 g/mol. The first kappa shape index (κ1) is 18.8. The highest BCUT2D eigenvalue weighted by atomic mass is 16.2. The molecular formula is C26H19N3O2. The Kier molecular flexibility index (Phi) is 4.77. The molecule has 0 saturated heterocycles. The lowest BCUT2D eigenvalue weighted by molar-refractivity contribution is -0.137. The van der Waals surface area contributed by atoms with Crippen molar-refractivity contribution >= 4 is 33.8 Å². The molecule has 0 aliphatic carbocycles. The molecule has 1 aromatic heterocycles. The number of imide groups is 1. The molecular weight excluding hydrogens is 386 g/mol. The Hall–Kier alpha value is -4.25. The van der Waals surface area contributed by atoms with Gasteiger partial charge in [0.1, 0.15) is 5.70 Å². The molecule has 0 saturated carbocycles. The maximum Gasteiger partial charge on any atom is 0.278 e. The van der Waals surface area contributed by atoms with E-state index in [-0.39, 0.29) is 24.1 Å². The lowest BCUT2D eigenvalue weighted by atomic mass is 10.0. The minimum absolute atomic E-state index is 0.169. The number of rotatable bonds is 5. The van der Waals surface area contributed by atoms with E-state index >= 15 is 0 Å². The van der Waals surface area contributed by atoms with Crippen LogP contribution in [0.3, 0.4) is 0 Å². The fraction of sp³-hybridized carbons (Fsp3) is 0.0385. The number of nitrogens with zero attached hydrogens (tertiary/aromatic N) is 2. The van der Waals surface area contributed by atoms with Crippen molar-refractivity contribution in [2.45, 2.75) is 6.54 Å². The molecule has 5 heteroatoms. The summed E-state index contributed by atoms with van der Waals surface area (Å²) < 4.78 is 0. The van der Waals surface area contributed by atoms with E-state index in [9.17, 15) is 9.59 Å². The first-order chi connectivity index (χ1) is 15.2. The largest absolute Gasteiger partial charge is 0.350 e. The van der Waals surface area contributed by atoms with Gasteiger partial charge in [-0.05, 0) is 28.6 Å². The van der Waals surface area contributed by atoms with Crippen molar-refractivity contribution in [1.82, 2.24) is 9.88 Å². The van der Waals surface area contributed by atoms with E-state index in [1.54, 1.807) is 18.5 Å². The summed E-state index contributed by atoms with van der Waals surface area (Å²) in [5, 5.41) is 5.32. The lowest BCUT2D eigenvalue weighted by Gasteiger charge is -2.15. The Bertz CT molecular complexity index is 1310. The van der Waals surface area contributed by atoms with Crippen LogP contribution in [0.5, 0.6) is 0 Å². The second kappa shape index (κ2) is 7.88. The van der Waals surface area contributed by atoms with Crippen LogP contribution < -0.4 is 5.32 Å². The number of hydrogen-bond acceptors (Lipinski definition) is 4. The first-order valence-corrected chi connectivity index (χ1v) is 10.0. The van der Waals surface area contributed by atoms with E-state index in [2.05, 4.69) is 10.3 Å². The van der Waals surface area contributed by atoms with Crippen LogP contribution in [0.4, 0.5) is 5.69 Å². The number of nitrogens with one attached hydrogen (secondary N) is 1. The summed E-state index contributed by atoms with van der Waals surface area (Å²) in [6, 6.07) is 26.8. The molecule has 0 radical (unpaired) electrons. The number of fused-ring (bicyclic) bond motifs is 1. The van der Waals surface area contributed by atoms with Gasteiger partial charge < -0.3 is 5.32 Å². The van der Waals surface area contributed by atoms with E-state index in [0.717, 1.165) is 22.0 Å². The van der Waals surface area contributed by atoms with Gasteiger partial charge in [0.2, 0.25) is 0 Å². The zero-order valence-electron chi connectivity index (χ0n) is 16.7. The van der Waals surface area contributed by atoms with Crippen molar-refractivity contribution in [3.05, 3.63) is 114 Å². The highest BCUT2D eigenvalue weighted by Crippen LogP contribution is 2.33. The molecule has 2 heterocycles. The summed E-state index contributed by atoms with van der Waals surface area (Å²) in [4.78, 5) is 32.1. The molecule has 0 unspecified atom stereocenters. The van der Waals surface area contributed by atoms with Gasteiger partial charge in [0.25, 0.3) is 11.8 Å². The third kappa shape index (κ3) is 3.46. The number of anilines is 1. The van der Waals surface area contributed by atoms with Gasteiger partial charge in [-0.1, -0.05) is 72.8 Å². The quantitative estimate of drug-likeness (QED) is 0.492. The fourth-order valence-electron chi connectivity index (χ4n) is 3.85. The van der Waals surface area contributed by atoms with Gasteiger partial charge in [-0.15, -0.1) is 0 Å². The van der Waals surface area contributed by atoms with Gasteiger partial charge in [0, 0.05) is 23.5 Å². The number of aromatic nitrogens is 1. The summed E-state index contributed by atoms with van der Waals surface area (Å²) in [6.45, 7) is 0.169. The molecule has 4 aromatic rings. The maximum absolute atomic E-state index is 13.4. The van der Waals surface area contributed by atoms with Crippen LogP contribution >= 0.6 is 0 Å². The highest BCUT2D eigenvalue weighted by molar-refractivity contribution is 6.36. The average Bonchev–Trinajstić information content (AvgIpc) is 3.05. The number of carbonyl (C=O) groups is 2. The Morgan fingerprint density at radius 2 is 1.55 bits per heavy atom. The smallest absolute Gasteiger partial charge is 0.278 e. The molecule has 0 atom stereocenters. The molecule has 1 aliphatic heterocycles. The molecule has 150 valence electrons. The zero-order valence-corrected chi connectivity index (χ0v) is 16.7. The SMILES string of the molecule is O=C1C(Nc2cccc3ccccc23)=C(c2ccccc2)C(=O)N1Cc1cccnc1. The van der Waals surface area contributed by atoms with Crippen LogP contribution in [0.1, 0.15) is 11.1 Å². The third-order valence-corrected chi connectivity index (χ3v) is 5.34. The summed E-state index contributed by atoms with van der Waals surface area (Å²) in [5.41, 5.74) is 2.95. The number of hydrogen-bond donors (Lipinski definition) is 1. The first-order valence-electron chi connectivity index (χ1n) is 10.0. The predicted molar refractivity (Wildman–Crippen MR) is 121 cm³/mol. The Morgan fingerprint density at radius 3 is 2.35 bits per heavy atom. The molecule has 31 heavy (non-hydrogen) atoms.